The topological polar surface area (TPSA) is 297 Å². The van der Waals surface area contributed by atoms with E-state index in [9.17, 15) is 14.4 Å². The summed E-state index contributed by atoms with van der Waals surface area (Å²) in [6, 6.07) is 8.77. The van der Waals surface area contributed by atoms with Gasteiger partial charge >= 0.3 is 0 Å². The number of imidazole rings is 2. The molecule has 21 heteroatoms. The van der Waals surface area contributed by atoms with Gasteiger partial charge in [-0.15, -0.1) is 0 Å². The van der Waals surface area contributed by atoms with Gasteiger partial charge < -0.3 is 34.5 Å². The molecule has 0 aliphatic carbocycles. The molecule has 67 heavy (non-hydrogen) atoms. The maximum Gasteiger partial charge on any atom is 0.295 e. The van der Waals surface area contributed by atoms with Crippen molar-refractivity contribution in [1.29, 1.82) is 0 Å². The number of oxazole rings is 1. The van der Waals surface area contributed by atoms with Crippen LogP contribution in [-0.4, -0.2) is 77.1 Å². The smallest absolute Gasteiger partial charge is 0.295 e. The Morgan fingerprint density at radius 1 is 0.821 bits per heavy atom. The SMILES string of the molecule is CC.CCc1nc(C)oc1C(=O)Nc1nc2cc(C(N)=O)cc(OC)c2n1C/C=C/Cn1c(NC(=O)c2cc(C)nn2CC)nc2cc(C)cc(OC(C)(C)C(C)(C)C)c21.NC=O.NNC=O. The molecule has 2 aromatic carbocycles. The number of methoxy groups -OCH3 is 1. The van der Waals surface area contributed by atoms with Gasteiger partial charge in [0, 0.05) is 37.5 Å². The van der Waals surface area contributed by atoms with Crippen LogP contribution >= 0.6 is 0 Å². The number of aromatic nitrogens is 7. The number of nitrogens with one attached hydrogen (secondary N) is 3. The average molecular weight is 928 g/mol. The normalized spacial score (nSPS) is 11.1. The second-order valence-electron chi connectivity index (χ2n) is 16.1. The average Bonchev–Trinajstić information content (AvgIpc) is 4.04. The lowest BCUT2D eigenvalue weighted by atomic mass is 9.79. The van der Waals surface area contributed by atoms with Gasteiger partial charge in [0.05, 0.1) is 29.5 Å². The molecule has 9 N–H and O–H groups in total. The molecule has 0 atom stereocenters. The molecule has 0 bridgehead atoms. The molecule has 0 aliphatic rings. The van der Waals surface area contributed by atoms with Gasteiger partial charge in [-0.25, -0.2) is 20.8 Å². The number of benzene rings is 2. The Morgan fingerprint density at radius 2 is 1.36 bits per heavy atom. The summed E-state index contributed by atoms with van der Waals surface area (Å²) in [5.74, 6) is 4.79. The highest BCUT2D eigenvalue weighted by Crippen LogP contribution is 2.39. The third-order valence-corrected chi connectivity index (χ3v) is 10.5. The highest BCUT2D eigenvalue weighted by molar-refractivity contribution is 6.05. The number of carbonyl (C=O) groups excluding carboxylic acids is 5. The van der Waals surface area contributed by atoms with Crippen molar-refractivity contribution >= 4 is 64.5 Å². The van der Waals surface area contributed by atoms with Crippen molar-refractivity contribution in [3.63, 3.8) is 0 Å². The third kappa shape index (κ3) is 12.8. The molecule has 4 heterocycles. The molecule has 0 aliphatic heterocycles. The number of hydrogen-bond donors (Lipinski definition) is 6. The van der Waals surface area contributed by atoms with E-state index in [1.165, 1.54) is 13.2 Å². The Hall–Kier alpha value is -7.55. The predicted octanol–water partition coefficient (Wildman–Crippen LogP) is 5.88. The number of nitrogens with two attached hydrogens (primary N) is 3. The van der Waals surface area contributed by atoms with Crippen LogP contribution in [0.25, 0.3) is 22.1 Å². The van der Waals surface area contributed by atoms with Crippen LogP contribution < -0.4 is 42.8 Å². The van der Waals surface area contributed by atoms with Gasteiger partial charge in [0.1, 0.15) is 33.8 Å². The summed E-state index contributed by atoms with van der Waals surface area (Å²) in [5, 5.41) is 10.4. The Balaban J connectivity index is 0.00000122. The molecule has 0 spiro atoms. The Kier molecular flexibility index (Phi) is 18.9. The van der Waals surface area contributed by atoms with Gasteiger partial charge in [0.2, 0.25) is 36.4 Å². The van der Waals surface area contributed by atoms with E-state index in [0.717, 1.165) is 11.3 Å². The molecule has 362 valence electrons. The summed E-state index contributed by atoms with van der Waals surface area (Å²) in [4.78, 5) is 71.0. The predicted molar refractivity (Wildman–Crippen MR) is 257 cm³/mol. The van der Waals surface area contributed by atoms with E-state index in [1.807, 2.05) is 70.4 Å². The number of fused-ring (bicyclic) bond motifs is 2. The van der Waals surface area contributed by atoms with Crippen LogP contribution in [0, 0.1) is 26.2 Å². The number of hydrazine groups is 1. The number of hydrogen-bond acceptors (Lipinski definition) is 13. The zero-order chi connectivity index (χ0) is 50.4. The van der Waals surface area contributed by atoms with Crippen LogP contribution in [0.3, 0.4) is 0 Å². The highest BCUT2D eigenvalue weighted by atomic mass is 16.5. The lowest BCUT2D eigenvalue weighted by Crippen LogP contribution is -2.42. The van der Waals surface area contributed by atoms with Gasteiger partial charge in [-0.05, 0) is 76.9 Å². The van der Waals surface area contributed by atoms with Gasteiger partial charge in [-0.3, -0.25) is 44.7 Å². The molecule has 5 amide bonds. The van der Waals surface area contributed by atoms with E-state index in [2.05, 4.69) is 71.9 Å². The largest absolute Gasteiger partial charge is 0.494 e. The van der Waals surface area contributed by atoms with Gasteiger partial charge in [0.25, 0.3) is 11.8 Å². The minimum absolute atomic E-state index is 0.0838. The Labute approximate surface area is 389 Å². The molecule has 0 fully saturated rings. The number of nitrogens with zero attached hydrogens (tertiary/aromatic N) is 7. The van der Waals surface area contributed by atoms with E-state index >= 15 is 0 Å². The number of amides is 5. The van der Waals surface area contributed by atoms with Crippen molar-refractivity contribution in [2.75, 3.05) is 17.7 Å². The molecule has 0 saturated carbocycles. The van der Waals surface area contributed by atoms with E-state index < -0.39 is 17.4 Å². The number of carbonyl (C=O) groups is 5. The number of rotatable bonds is 15. The van der Waals surface area contributed by atoms with Crippen molar-refractivity contribution in [1.82, 2.24) is 39.3 Å². The number of aryl methyl sites for hydroxylation is 5. The first kappa shape index (κ1) is 53.8. The van der Waals surface area contributed by atoms with E-state index in [1.54, 1.807) is 33.7 Å². The van der Waals surface area contributed by atoms with Gasteiger partial charge in [0.15, 0.2) is 5.89 Å². The molecular weight excluding hydrogens is 863 g/mol. The summed E-state index contributed by atoms with van der Waals surface area (Å²) in [6.45, 7) is 24.8. The van der Waals surface area contributed by atoms with E-state index in [4.69, 9.17) is 34.2 Å². The van der Waals surface area contributed by atoms with Gasteiger partial charge in [-0.2, -0.15) is 5.10 Å². The molecule has 0 radical (unpaired) electrons. The van der Waals surface area contributed by atoms with Crippen molar-refractivity contribution in [2.45, 2.75) is 115 Å². The summed E-state index contributed by atoms with van der Waals surface area (Å²) in [7, 11) is 1.48. The van der Waals surface area contributed by atoms with Crippen molar-refractivity contribution in [2.24, 2.45) is 22.7 Å². The van der Waals surface area contributed by atoms with Crippen molar-refractivity contribution in [3.8, 4) is 11.5 Å². The fourth-order valence-electron chi connectivity index (χ4n) is 6.48. The van der Waals surface area contributed by atoms with Crippen LogP contribution in [-0.2, 0) is 35.6 Å². The fourth-order valence-corrected chi connectivity index (χ4v) is 6.48. The third-order valence-electron chi connectivity index (χ3n) is 10.5. The molecule has 0 saturated heterocycles. The summed E-state index contributed by atoms with van der Waals surface area (Å²) in [5.41, 5.74) is 15.8. The molecule has 6 rings (SSSR count). The first-order chi connectivity index (χ1) is 31.7. The number of ether oxygens (including phenoxy) is 2. The molecular formula is C46H65N13O8. The van der Waals surface area contributed by atoms with Gasteiger partial charge in [-0.1, -0.05) is 53.7 Å². The molecule has 6 aromatic rings. The molecule has 0 unspecified atom stereocenters. The maximum atomic E-state index is 13.8. The standard InChI is InChI=1S/C42H52N10O6.C2H6.CH4N2O.CH3NO/c1-12-27-35(57-25(5)44-27)38(55)48-40-46-29-21-26(36(43)53)22-31(56-11)33(29)50(40)16-14-15-17-51-34-28(18-23(3)19-32(34)58-42(9,10)41(6,7)8)45-39(51)47-37(54)30-20-24(4)49-52(30)13-2;1-2;2-3-1-4;2-1-3/h14-15,18-22H,12-13,16-17H2,1-11H3,(H2,43,53)(H,45,47,54)(H,46,48,55);1-2H3;1H,2H2,(H,3,4);1H,(H2,2,3)/b15-14+;;;. The number of allylic oxidation sites excluding steroid dienone is 2. The van der Waals surface area contributed by atoms with Crippen LogP contribution in [0.2, 0.25) is 0 Å². The fraction of sp³-hybridized carbons (Fsp3) is 0.413. The summed E-state index contributed by atoms with van der Waals surface area (Å²) < 4.78 is 23.5. The quantitative estimate of drug-likeness (QED) is 0.0231. The Morgan fingerprint density at radius 3 is 1.85 bits per heavy atom. The lowest BCUT2D eigenvalue weighted by molar-refractivity contribution is -0.109. The second-order valence-corrected chi connectivity index (χ2v) is 16.1. The van der Waals surface area contributed by atoms with Crippen LogP contribution in [0.1, 0.15) is 117 Å². The second kappa shape index (κ2) is 23.6. The van der Waals surface area contributed by atoms with Crippen LogP contribution in [0.15, 0.2) is 46.9 Å². The highest BCUT2D eigenvalue weighted by Gasteiger charge is 2.36. The molecule has 4 aromatic heterocycles. The number of primary amides is 2. The summed E-state index contributed by atoms with van der Waals surface area (Å²) in [6.07, 6.45) is 4.96. The lowest BCUT2D eigenvalue weighted by Gasteiger charge is -2.39. The molecule has 21 nitrogen and oxygen atoms in total. The zero-order valence-corrected chi connectivity index (χ0v) is 40.7. The monoisotopic (exact) mass is 928 g/mol. The minimum Gasteiger partial charge on any atom is -0.494 e. The van der Waals surface area contributed by atoms with Crippen LogP contribution in [0.5, 0.6) is 11.5 Å². The van der Waals surface area contributed by atoms with E-state index in [0.29, 0.717) is 76.2 Å². The van der Waals surface area contributed by atoms with E-state index in [-0.39, 0.29) is 48.1 Å². The summed E-state index contributed by atoms with van der Waals surface area (Å²) >= 11 is 0. The first-order valence-corrected chi connectivity index (χ1v) is 21.6. The maximum absolute atomic E-state index is 13.8. The first-order valence-electron chi connectivity index (χ1n) is 21.6. The van der Waals surface area contributed by atoms with Crippen molar-refractivity contribution < 1.29 is 37.9 Å². The minimum atomic E-state index is -0.654. The Bertz CT molecular complexity index is 2720. The van der Waals surface area contributed by atoms with Crippen LogP contribution in [0.4, 0.5) is 11.9 Å². The zero-order valence-electron chi connectivity index (χ0n) is 40.7. The number of anilines is 2. The van der Waals surface area contributed by atoms with Crippen molar-refractivity contribution in [3.05, 3.63) is 82.3 Å².